The monoisotopic (exact) mass is 325 g/mol. The normalized spacial score (nSPS) is 12.7. The summed E-state index contributed by atoms with van der Waals surface area (Å²) in [6.07, 6.45) is 1.35. The second kappa shape index (κ2) is 7.47. The highest BCUT2D eigenvalue weighted by molar-refractivity contribution is 5.81. The summed E-state index contributed by atoms with van der Waals surface area (Å²) < 4.78 is 5.68. The van der Waals surface area contributed by atoms with Gasteiger partial charge in [-0.25, -0.2) is 0 Å². The zero-order chi connectivity index (χ0) is 16.9. The molecule has 0 aliphatic heterocycles. The first-order chi connectivity index (χ1) is 11.6. The fourth-order valence-corrected chi connectivity index (χ4v) is 2.71. The zero-order valence-corrected chi connectivity index (χ0v) is 14.0. The molecule has 0 saturated heterocycles. The quantitative estimate of drug-likeness (QED) is 0.624. The maximum atomic E-state index is 10.4. The summed E-state index contributed by atoms with van der Waals surface area (Å²) in [6.45, 7) is 5.11. The minimum Gasteiger partial charge on any atom is -0.491 e. The SMILES string of the molecule is CC(C)Oc1cccc(C(O)CNCc2cccc3cn[nH]c23)c1. The first kappa shape index (κ1) is 16.5. The predicted octanol–water partition coefficient (Wildman–Crippen LogP) is 3.17. The van der Waals surface area contributed by atoms with Gasteiger partial charge in [0.2, 0.25) is 0 Å². The van der Waals surface area contributed by atoms with Gasteiger partial charge in [0.05, 0.1) is 23.9 Å². The number of nitrogens with zero attached hydrogens (tertiary/aromatic N) is 1. The number of ether oxygens (including phenoxy) is 1. The van der Waals surface area contributed by atoms with Crippen molar-refractivity contribution >= 4 is 10.9 Å². The van der Waals surface area contributed by atoms with E-state index in [4.69, 9.17) is 4.74 Å². The summed E-state index contributed by atoms with van der Waals surface area (Å²) in [7, 11) is 0. The molecule has 0 aliphatic rings. The summed E-state index contributed by atoms with van der Waals surface area (Å²) in [5, 5.41) is 21.9. The molecule has 1 unspecified atom stereocenters. The summed E-state index contributed by atoms with van der Waals surface area (Å²) in [6, 6.07) is 13.7. The van der Waals surface area contributed by atoms with Crippen molar-refractivity contribution < 1.29 is 9.84 Å². The largest absolute Gasteiger partial charge is 0.491 e. The van der Waals surface area contributed by atoms with E-state index < -0.39 is 6.10 Å². The van der Waals surface area contributed by atoms with Crippen molar-refractivity contribution in [3.05, 3.63) is 59.8 Å². The first-order valence-electron chi connectivity index (χ1n) is 8.20. The molecule has 0 aliphatic carbocycles. The molecule has 0 amide bonds. The van der Waals surface area contributed by atoms with Gasteiger partial charge >= 0.3 is 0 Å². The number of para-hydroxylation sites is 1. The van der Waals surface area contributed by atoms with Gasteiger partial charge in [-0.3, -0.25) is 5.10 Å². The number of hydrogen-bond acceptors (Lipinski definition) is 4. The zero-order valence-electron chi connectivity index (χ0n) is 14.0. The third kappa shape index (κ3) is 3.93. The predicted molar refractivity (Wildman–Crippen MR) is 95.0 cm³/mol. The van der Waals surface area contributed by atoms with E-state index in [9.17, 15) is 5.11 Å². The Morgan fingerprint density at radius 1 is 1.21 bits per heavy atom. The fraction of sp³-hybridized carbons (Fsp3) is 0.316. The minimum absolute atomic E-state index is 0.116. The maximum Gasteiger partial charge on any atom is 0.120 e. The molecule has 0 saturated carbocycles. The molecule has 0 bridgehead atoms. The van der Waals surface area contributed by atoms with Gasteiger partial charge in [-0.15, -0.1) is 0 Å². The fourth-order valence-electron chi connectivity index (χ4n) is 2.71. The van der Waals surface area contributed by atoms with Crippen LogP contribution in [0, 0.1) is 0 Å². The van der Waals surface area contributed by atoms with Gasteiger partial charge in [-0.2, -0.15) is 5.10 Å². The Hall–Kier alpha value is -2.37. The number of nitrogens with one attached hydrogen (secondary N) is 2. The van der Waals surface area contributed by atoms with Gasteiger partial charge in [0, 0.05) is 18.5 Å². The van der Waals surface area contributed by atoms with Crippen molar-refractivity contribution in [2.75, 3.05) is 6.54 Å². The van der Waals surface area contributed by atoms with Crippen LogP contribution >= 0.6 is 0 Å². The van der Waals surface area contributed by atoms with Crippen LogP contribution in [0.1, 0.15) is 31.1 Å². The molecule has 0 radical (unpaired) electrons. The summed E-state index contributed by atoms with van der Waals surface area (Å²) in [5.41, 5.74) is 3.02. The van der Waals surface area contributed by atoms with E-state index in [1.807, 2.05) is 56.4 Å². The van der Waals surface area contributed by atoms with Crippen LogP contribution in [0.25, 0.3) is 10.9 Å². The molecule has 126 valence electrons. The van der Waals surface area contributed by atoms with E-state index in [0.717, 1.165) is 27.8 Å². The minimum atomic E-state index is -0.582. The molecule has 5 heteroatoms. The van der Waals surface area contributed by atoms with Crippen LogP contribution in [-0.4, -0.2) is 28.0 Å². The number of aliphatic hydroxyl groups excluding tert-OH is 1. The highest BCUT2D eigenvalue weighted by Crippen LogP contribution is 2.20. The molecule has 1 aromatic heterocycles. The molecular formula is C19H23N3O2. The highest BCUT2D eigenvalue weighted by atomic mass is 16.5. The molecule has 5 nitrogen and oxygen atoms in total. The maximum absolute atomic E-state index is 10.4. The van der Waals surface area contributed by atoms with Crippen molar-refractivity contribution in [2.45, 2.75) is 32.6 Å². The Bertz CT molecular complexity index is 798. The van der Waals surface area contributed by atoms with Crippen LogP contribution in [-0.2, 0) is 6.54 Å². The molecule has 24 heavy (non-hydrogen) atoms. The molecule has 0 spiro atoms. The number of aromatic nitrogens is 2. The lowest BCUT2D eigenvalue weighted by Gasteiger charge is -2.15. The third-order valence-corrected chi connectivity index (χ3v) is 3.83. The number of aliphatic hydroxyl groups is 1. The van der Waals surface area contributed by atoms with E-state index in [1.54, 1.807) is 0 Å². The van der Waals surface area contributed by atoms with Crippen LogP contribution < -0.4 is 10.1 Å². The van der Waals surface area contributed by atoms with E-state index in [2.05, 4.69) is 21.6 Å². The van der Waals surface area contributed by atoms with Crippen LogP contribution in [0.5, 0.6) is 5.75 Å². The average Bonchev–Trinajstić information content (AvgIpc) is 3.04. The Kier molecular flexibility index (Phi) is 5.13. The molecule has 3 N–H and O–H groups in total. The molecule has 1 atom stereocenters. The lowest BCUT2D eigenvalue weighted by atomic mass is 10.1. The molecule has 3 rings (SSSR count). The summed E-state index contributed by atoms with van der Waals surface area (Å²) in [4.78, 5) is 0. The van der Waals surface area contributed by atoms with Crippen molar-refractivity contribution in [3.63, 3.8) is 0 Å². The Balaban J connectivity index is 1.59. The van der Waals surface area contributed by atoms with Crippen LogP contribution in [0.2, 0.25) is 0 Å². The summed E-state index contributed by atoms with van der Waals surface area (Å²) >= 11 is 0. The van der Waals surface area contributed by atoms with Crippen molar-refractivity contribution in [3.8, 4) is 5.75 Å². The lowest BCUT2D eigenvalue weighted by molar-refractivity contribution is 0.173. The van der Waals surface area contributed by atoms with Gasteiger partial charge < -0.3 is 15.2 Å². The van der Waals surface area contributed by atoms with E-state index in [1.165, 1.54) is 0 Å². The highest BCUT2D eigenvalue weighted by Gasteiger charge is 2.09. The second-order valence-corrected chi connectivity index (χ2v) is 6.14. The smallest absolute Gasteiger partial charge is 0.120 e. The van der Waals surface area contributed by atoms with Crippen molar-refractivity contribution in [2.24, 2.45) is 0 Å². The average molecular weight is 325 g/mol. The molecule has 2 aromatic carbocycles. The first-order valence-corrected chi connectivity index (χ1v) is 8.20. The van der Waals surface area contributed by atoms with Crippen LogP contribution in [0.4, 0.5) is 0 Å². The molecule has 1 heterocycles. The molecule has 3 aromatic rings. The number of rotatable bonds is 7. The standard InChI is InChI=1S/C19H23N3O2/c1-13(2)24-17-8-4-5-14(9-17)18(23)12-20-10-15-6-3-7-16-11-21-22-19(15)16/h3-9,11,13,18,20,23H,10,12H2,1-2H3,(H,21,22). The number of fused-ring (bicyclic) bond motifs is 1. The lowest BCUT2D eigenvalue weighted by Crippen LogP contribution is -2.21. The van der Waals surface area contributed by atoms with E-state index in [0.29, 0.717) is 13.1 Å². The topological polar surface area (TPSA) is 70.2 Å². The van der Waals surface area contributed by atoms with E-state index >= 15 is 0 Å². The van der Waals surface area contributed by atoms with E-state index in [-0.39, 0.29) is 6.10 Å². The molecular weight excluding hydrogens is 302 g/mol. The third-order valence-electron chi connectivity index (χ3n) is 3.83. The number of aromatic amines is 1. The van der Waals surface area contributed by atoms with Crippen LogP contribution in [0.15, 0.2) is 48.7 Å². The Morgan fingerprint density at radius 2 is 2.04 bits per heavy atom. The molecule has 0 fully saturated rings. The summed E-state index contributed by atoms with van der Waals surface area (Å²) in [5.74, 6) is 0.781. The van der Waals surface area contributed by atoms with Gasteiger partial charge in [-0.1, -0.05) is 30.3 Å². The van der Waals surface area contributed by atoms with Crippen molar-refractivity contribution in [1.82, 2.24) is 15.5 Å². The van der Waals surface area contributed by atoms with Gasteiger partial charge in [-0.05, 0) is 37.1 Å². The Labute approximate surface area is 141 Å². The van der Waals surface area contributed by atoms with Gasteiger partial charge in [0.25, 0.3) is 0 Å². The Morgan fingerprint density at radius 3 is 2.88 bits per heavy atom. The van der Waals surface area contributed by atoms with Crippen molar-refractivity contribution in [1.29, 1.82) is 0 Å². The number of hydrogen-bond donors (Lipinski definition) is 3. The number of benzene rings is 2. The van der Waals surface area contributed by atoms with Gasteiger partial charge in [0.1, 0.15) is 5.75 Å². The van der Waals surface area contributed by atoms with Gasteiger partial charge in [0.15, 0.2) is 0 Å². The number of H-pyrrole nitrogens is 1. The second-order valence-electron chi connectivity index (χ2n) is 6.14. The van der Waals surface area contributed by atoms with Crippen LogP contribution in [0.3, 0.4) is 0 Å².